The van der Waals surface area contributed by atoms with E-state index >= 15 is 0 Å². The van der Waals surface area contributed by atoms with Crippen molar-refractivity contribution >= 4 is 0 Å². The fourth-order valence-electron chi connectivity index (χ4n) is 1.44. The highest BCUT2D eigenvalue weighted by molar-refractivity contribution is 4.87. The molecule has 1 saturated heterocycles. The molecule has 0 aromatic carbocycles. The molecule has 72 valence electrons. The molecule has 1 rings (SSSR count). The maximum Gasteiger partial charge on any atom is 0.109 e. The second-order valence-electron chi connectivity index (χ2n) is 3.40. The van der Waals surface area contributed by atoms with Crippen molar-refractivity contribution in [1.29, 1.82) is 0 Å². The summed E-state index contributed by atoms with van der Waals surface area (Å²) in [6.45, 7) is 3.38. The van der Waals surface area contributed by atoms with Gasteiger partial charge in [0.2, 0.25) is 0 Å². The van der Waals surface area contributed by atoms with Crippen LogP contribution in [0.1, 0.15) is 13.8 Å². The van der Waals surface area contributed by atoms with Gasteiger partial charge in [0, 0.05) is 5.92 Å². The molecule has 4 nitrogen and oxygen atoms in total. The third kappa shape index (κ3) is 1.61. The quantitative estimate of drug-likeness (QED) is 0.485. The molecule has 0 radical (unpaired) electrons. The monoisotopic (exact) mass is 176 g/mol. The summed E-state index contributed by atoms with van der Waals surface area (Å²) in [5.41, 5.74) is 0. The van der Waals surface area contributed by atoms with Gasteiger partial charge in [-0.25, -0.2) is 0 Å². The van der Waals surface area contributed by atoms with Crippen molar-refractivity contribution in [2.75, 3.05) is 6.61 Å². The van der Waals surface area contributed by atoms with Crippen LogP contribution < -0.4 is 0 Å². The summed E-state index contributed by atoms with van der Waals surface area (Å²) < 4.78 is 5.27. The Morgan fingerprint density at radius 2 is 1.75 bits per heavy atom. The topological polar surface area (TPSA) is 69.9 Å². The highest BCUT2D eigenvalue weighted by Crippen LogP contribution is 2.25. The summed E-state index contributed by atoms with van der Waals surface area (Å²) in [5, 5.41) is 27.7. The third-order valence-corrected chi connectivity index (χ3v) is 2.58. The summed E-state index contributed by atoms with van der Waals surface area (Å²) in [4.78, 5) is 0. The predicted octanol–water partition coefficient (Wildman–Crippen LogP) is -0.876. The van der Waals surface area contributed by atoms with Gasteiger partial charge in [0.15, 0.2) is 0 Å². The fraction of sp³-hybridized carbons (Fsp3) is 1.00. The van der Waals surface area contributed by atoms with Crippen molar-refractivity contribution in [3.63, 3.8) is 0 Å². The van der Waals surface area contributed by atoms with E-state index in [9.17, 15) is 10.2 Å². The van der Waals surface area contributed by atoms with Gasteiger partial charge in [0.25, 0.3) is 0 Å². The highest BCUT2D eigenvalue weighted by atomic mass is 16.5. The maximum absolute atomic E-state index is 9.48. The molecule has 0 aromatic heterocycles. The molecular formula is C8H16O4. The average molecular weight is 176 g/mol. The number of aliphatic hydroxyl groups excluding tert-OH is 3. The maximum atomic E-state index is 9.48. The molecule has 0 bridgehead atoms. The van der Waals surface area contributed by atoms with Gasteiger partial charge in [0.1, 0.15) is 12.2 Å². The van der Waals surface area contributed by atoms with Crippen LogP contribution in [-0.4, -0.2) is 46.3 Å². The summed E-state index contributed by atoms with van der Waals surface area (Å²) in [6.07, 6.45) is -2.54. The van der Waals surface area contributed by atoms with Gasteiger partial charge < -0.3 is 20.1 Å². The molecule has 1 fully saturated rings. The largest absolute Gasteiger partial charge is 0.394 e. The van der Waals surface area contributed by atoms with Crippen molar-refractivity contribution in [2.45, 2.75) is 38.3 Å². The Bertz CT molecular complexity index is 145. The molecule has 1 heterocycles. The van der Waals surface area contributed by atoms with Gasteiger partial charge in [-0.15, -0.1) is 0 Å². The molecule has 1 aliphatic heterocycles. The first-order chi connectivity index (χ1) is 5.57. The van der Waals surface area contributed by atoms with Crippen LogP contribution in [0.4, 0.5) is 0 Å². The molecule has 1 aliphatic rings. The standard InChI is InChI=1S/C8H16O4/c1-4-5(2)12-6(3-9)8(11)7(4)10/h4-11H,3H2,1-2H3/t4-,5-,6+,7?,8?/m0/s1. The molecule has 0 spiro atoms. The highest BCUT2D eigenvalue weighted by Gasteiger charge is 2.39. The molecule has 0 aromatic rings. The van der Waals surface area contributed by atoms with Crippen LogP contribution in [-0.2, 0) is 4.74 Å². The zero-order chi connectivity index (χ0) is 9.30. The van der Waals surface area contributed by atoms with Crippen molar-refractivity contribution in [3.8, 4) is 0 Å². The van der Waals surface area contributed by atoms with E-state index < -0.39 is 18.3 Å². The minimum atomic E-state index is -0.971. The molecule has 0 saturated carbocycles. The van der Waals surface area contributed by atoms with E-state index in [2.05, 4.69) is 0 Å². The van der Waals surface area contributed by atoms with Crippen LogP contribution in [0.2, 0.25) is 0 Å². The van der Waals surface area contributed by atoms with E-state index in [4.69, 9.17) is 9.84 Å². The number of hydrogen-bond acceptors (Lipinski definition) is 4. The number of hydrogen-bond donors (Lipinski definition) is 3. The first kappa shape index (κ1) is 9.92. The second-order valence-corrected chi connectivity index (χ2v) is 3.40. The lowest BCUT2D eigenvalue weighted by Gasteiger charge is -2.39. The molecule has 12 heavy (non-hydrogen) atoms. The van der Waals surface area contributed by atoms with E-state index in [1.807, 2.05) is 13.8 Å². The minimum Gasteiger partial charge on any atom is -0.394 e. The Balaban J connectivity index is 2.63. The zero-order valence-electron chi connectivity index (χ0n) is 7.34. The fourth-order valence-corrected chi connectivity index (χ4v) is 1.44. The van der Waals surface area contributed by atoms with Gasteiger partial charge in [-0.05, 0) is 6.92 Å². The molecule has 2 unspecified atom stereocenters. The van der Waals surface area contributed by atoms with Gasteiger partial charge in [0.05, 0.1) is 18.8 Å². The first-order valence-electron chi connectivity index (χ1n) is 4.20. The summed E-state index contributed by atoms with van der Waals surface area (Å²) in [5.74, 6) is -0.0946. The minimum absolute atomic E-state index is 0.0946. The van der Waals surface area contributed by atoms with Gasteiger partial charge in [-0.2, -0.15) is 0 Å². The Hall–Kier alpha value is -0.160. The van der Waals surface area contributed by atoms with Crippen molar-refractivity contribution < 1.29 is 20.1 Å². The predicted molar refractivity (Wildman–Crippen MR) is 42.6 cm³/mol. The van der Waals surface area contributed by atoms with Crippen molar-refractivity contribution in [1.82, 2.24) is 0 Å². The van der Waals surface area contributed by atoms with Crippen LogP contribution in [0.25, 0.3) is 0 Å². The molecular weight excluding hydrogens is 160 g/mol. The van der Waals surface area contributed by atoms with Crippen molar-refractivity contribution in [2.24, 2.45) is 5.92 Å². The van der Waals surface area contributed by atoms with Crippen LogP contribution in [0, 0.1) is 5.92 Å². The van der Waals surface area contributed by atoms with Gasteiger partial charge >= 0.3 is 0 Å². The molecule has 5 atom stereocenters. The SMILES string of the molecule is C[C@@H]1O[C@H](CO)C(O)C(O)[C@H]1C. The zero-order valence-corrected chi connectivity index (χ0v) is 7.34. The Kier molecular flexibility index (Phi) is 3.06. The van der Waals surface area contributed by atoms with Crippen LogP contribution in [0.15, 0.2) is 0 Å². The number of ether oxygens (including phenoxy) is 1. The second kappa shape index (κ2) is 3.70. The molecule has 0 aliphatic carbocycles. The van der Waals surface area contributed by atoms with Crippen LogP contribution in [0.3, 0.4) is 0 Å². The lowest BCUT2D eigenvalue weighted by molar-refractivity contribution is -0.200. The van der Waals surface area contributed by atoms with Crippen LogP contribution >= 0.6 is 0 Å². The van der Waals surface area contributed by atoms with Gasteiger partial charge in [-0.1, -0.05) is 6.92 Å². The van der Waals surface area contributed by atoms with Crippen LogP contribution in [0.5, 0.6) is 0 Å². The van der Waals surface area contributed by atoms with E-state index in [0.717, 1.165) is 0 Å². The molecule has 0 amide bonds. The summed E-state index contributed by atoms with van der Waals surface area (Å²) >= 11 is 0. The average Bonchev–Trinajstić information content (AvgIpc) is 2.08. The Morgan fingerprint density at radius 3 is 2.25 bits per heavy atom. The number of rotatable bonds is 1. The van der Waals surface area contributed by atoms with E-state index in [1.54, 1.807) is 0 Å². The Morgan fingerprint density at radius 1 is 1.17 bits per heavy atom. The lowest BCUT2D eigenvalue weighted by Crippen LogP contribution is -2.53. The molecule has 4 heteroatoms. The van der Waals surface area contributed by atoms with E-state index in [-0.39, 0.29) is 18.6 Å². The smallest absolute Gasteiger partial charge is 0.109 e. The third-order valence-electron chi connectivity index (χ3n) is 2.58. The first-order valence-corrected chi connectivity index (χ1v) is 4.20. The van der Waals surface area contributed by atoms with E-state index in [0.29, 0.717) is 0 Å². The van der Waals surface area contributed by atoms with Crippen molar-refractivity contribution in [3.05, 3.63) is 0 Å². The summed E-state index contributed by atoms with van der Waals surface area (Å²) in [7, 11) is 0. The number of aliphatic hydroxyl groups is 3. The van der Waals surface area contributed by atoms with Gasteiger partial charge in [-0.3, -0.25) is 0 Å². The Labute approximate surface area is 71.8 Å². The lowest BCUT2D eigenvalue weighted by atomic mass is 9.89. The summed E-state index contributed by atoms with van der Waals surface area (Å²) in [6, 6.07) is 0. The van der Waals surface area contributed by atoms with E-state index in [1.165, 1.54) is 0 Å². The molecule has 3 N–H and O–H groups in total. The normalized spacial score (nSPS) is 49.2.